The van der Waals surface area contributed by atoms with Crippen molar-refractivity contribution < 1.29 is 18.7 Å². The molecule has 1 atom stereocenters. The number of nitrogens with zero attached hydrogens (tertiary/aromatic N) is 2. The first-order valence-electron chi connectivity index (χ1n) is 8.17. The van der Waals surface area contributed by atoms with E-state index in [2.05, 4.69) is 4.99 Å². The lowest BCUT2D eigenvalue weighted by molar-refractivity contribution is -0.142. The van der Waals surface area contributed by atoms with Crippen molar-refractivity contribution in [3.8, 4) is 0 Å². The number of hydrogen-bond acceptors (Lipinski definition) is 5. The highest BCUT2D eigenvalue weighted by Crippen LogP contribution is 2.28. The summed E-state index contributed by atoms with van der Waals surface area (Å²) in [5.41, 5.74) is 7.38. The lowest BCUT2D eigenvalue weighted by atomic mass is 10.00. The summed E-state index contributed by atoms with van der Waals surface area (Å²) >= 11 is 0. The van der Waals surface area contributed by atoms with Crippen LogP contribution in [0.15, 0.2) is 53.5 Å². The molecule has 0 unspecified atom stereocenters. The molecule has 0 saturated heterocycles. The van der Waals surface area contributed by atoms with E-state index in [1.165, 1.54) is 11.0 Å². The number of nitrogens with two attached hydrogens (primary N) is 1. The van der Waals surface area contributed by atoms with Crippen LogP contribution >= 0.6 is 0 Å². The minimum Gasteiger partial charge on any atom is -0.465 e. The summed E-state index contributed by atoms with van der Waals surface area (Å²) in [6.45, 7) is 1.59. The van der Waals surface area contributed by atoms with Gasteiger partial charge < -0.3 is 10.5 Å². The zero-order valence-electron chi connectivity index (χ0n) is 14.2. The van der Waals surface area contributed by atoms with Crippen molar-refractivity contribution in [2.24, 2.45) is 10.7 Å². The highest BCUT2D eigenvalue weighted by Gasteiger charge is 2.32. The molecule has 3 rings (SSSR count). The summed E-state index contributed by atoms with van der Waals surface area (Å²) in [6.07, 6.45) is -1.26. The molecule has 1 aliphatic heterocycles. The second-order valence-electron chi connectivity index (χ2n) is 5.65. The van der Waals surface area contributed by atoms with E-state index in [0.717, 1.165) is 0 Å². The van der Waals surface area contributed by atoms with E-state index in [0.29, 0.717) is 11.3 Å². The van der Waals surface area contributed by atoms with Crippen LogP contribution in [0.1, 0.15) is 18.1 Å². The van der Waals surface area contributed by atoms with Crippen molar-refractivity contribution in [1.82, 2.24) is 0 Å². The van der Waals surface area contributed by atoms with E-state index in [1.54, 1.807) is 49.4 Å². The van der Waals surface area contributed by atoms with Gasteiger partial charge in [0.2, 0.25) is 0 Å². The second-order valence-corrected chi connectivity index (χ2v) is 5.65. The average Bonchev–Trinajstić information content (AvgIpc) is 2.73. The van der Waals surface area contributed by atoms with Crippen molar-refractivity contribution in [1.29, 1.82) is 0 Å². The molecule has 0 bridgehead atoms. The second kappa shape index (κ2) is 7.45. The van der Waals surface area contributed by atoms with Crippen LogP contribution < -0.4 is 10.6 Å². The third-order valence-corrected chi connectivity index (χ3v) is 3.96. The van der Waals surface area contributed by atoms with E-state index in [9.17, 15) is 14.0 Å². The molecule has 26 heavy (non-hydrogen) atoms. The highest BCUT2D eigenvalue weighted by atomic mass is 19.1. The molecule has 1 aliphatic rings. The largest absolute Gasteiger partial charge is 0.465 e. The van der Waals surface area contributed by atoms with E-state index in [4.69, 9.17) is 10.5 Å². The number of anilines is 1. The summed E-state index contributed by atoms with van der Waals surface area (Å²) in [5.74, 6) is -1.59. The molecule has 0 radical (unpaired) electrons. The minimum absolute atomic E-state index is 0.200. The van der Waals surface area contributed by atoms with E-state index < -0.39 is 23.9 Å². The lowest BCUT2D eigenvalue weighted by Crippen LogP contribution is -2.45. The molecule has 6 nitrogen and oxygen atoms in total. The number of benzene rings is 2. The molecule has 2 aromatic rings. The van der Waals surface area contributed by atoms with Gasteiger partial charge >= 0.3 is 5.97 Å². The van der Waals surface area contributed by atoms with Gasteiger partial charge in [-0.15, -0.1) is 0 Å². The number of para-hydroxylation sites is 1. The van der Waals surface area contributed by atoms with Crippen molar-refractivity contribution in [3.05, 3.63) is 65.5 Å². The first-order valence-corrected chi connectivity index (χ1v) is 8.17. The van der Waals surface area contributed by atoms with Gasteiger partial charge in [0.25, 0.3) is 5.91 Å². The highest BCUT2D eigenvalue weighted by molar-refractivity contribution is 6.20. The molecular formula is C19H18FN3O3. The van der Waals surface area contributed by atoms with Gasteiger partial charge in [0.05, 0.1) is 18.0 Å². The number of benzodiazepines with no additional fused rings is 1. The Morgan fingerprint density at radius 2 is 1.85 bits per heavy atom. The van der Waals surface area contributed by atoms with Gasteiger partial charge in [-0.2, -0.15) is 0 Å². The maximum absolute atomic E-state index is 14.3. The Hall–Kier alpha value is -3.06. The molecule has 0 aromatic heterocycles. The van der Waals surface area contributed by atoms with Crippen LogP contribution in [-0.2, 0) is 14.3 Å². The summed E-state index contributed by atoms with van der Waals surface area (Å²) in [5, 5.41) is 0. The molecule has 0 aliphatic carbocycles. The van der Waals surface area contributed by atoms with Crippen molar-refractivity contribution in [3.63, 3.8) is 0 Å². The number of halogens is 1. The number of fused-ring (bicyclic) bond motifs is 1. The van der Waals surface area contributed by atoms with Crippen LogP contribution in [0.4, 0.5) is 10.1 Å². The van der Waals surface area contributed by atoms with E-state index in [-0.39, 0.29) is 24.4 Å². The summed E-state index contributed by atoms with van der Waals surface area (Å²) in [7, 11) is 0. The number of aliphatic imine (C=N–C) groups is 1. The topological polar surface area (TPSA) is 85.0 Å². The number of carbonyl (C=O) groups excluding carboxylic acids is 2. The summed E-state index contributed by atoms with van der Waals surface area (Å²) in [6, 6.07) is 13.0. The summed E-state index contributed by atoms with van der Waals surface area (Å²) in [4.78, 5) is 30.1. The van der Waals surface area contributed by atoms with Gasteiger partial charge in [-0.05, 0) is 25.1 Å². The van der Waals surface area contributed by atoms with Gasteiger partial charge in [0, 0.05) is 11.1 Å². The third kappa shape index (κ3) is 3.34. The number of esters is 1. The van der Waals surface area contributed by atoms with Crippen LogP contribution in [0.25, 0.3) is 0 Å². The van der Waals surface area contributed by atoms with Crippen LogP contribution in [0, 0.1) is 5.82 Å². The molecule has 0 spiro atoms. The molecule has 1 amide bonds. The van der Waals surface area contributed by atoms with Crippen LogP contribution in [0.3, 0.4) is 0 Å². The standard InChI is InChI=1S/C19H18FN3O3/c1-2-26-16(24)11-23-15-10-6-4-8-13(15)17(22-18(21)19(23)25)12-7-3-5-9-14(12)20/h3-10,18H,2,11,21H2,1H3/t18-/m1/s1. The van der Waals surface area contributed by atoms with Gasteiger partial charge in [-0.1, -0.05) is 30.3 Å². The van der Waals surface area contributed by atoms with Crippen LogP contribution in [0.5, 0.6) is 0 Å². The Morgan fingerprint density at radius 1 is 1.19 bits per heavy atom. The fourth-order valence-electron chi connectivity index (χ4n) is 2.82. The van der Waals surface area contributed by atoms with E-state index >= 15 is 0 Å². The number of amides is 1. The monoisotopic (exact) mass is 355 g/mol. The zero-order chi connectivity index (χ0) is 18.7. The molecule has 0 fully saturated rings. The Kier molecular flexibility index (Phi) is 5.09. The Balaban J connectivity index is 2.13. The molecule has 2 N–H and O–H groups in total. The maximum atomic E-state index is 14.3. The van der Waals surface area contributed by atoms with Crippen LogP contribution in [0.2, 0.25) is 0 Å². The van der Waals surface area contributed by atoms with E-state index in [1.807, 2.05) is 0 Å². The predicted molar refractivity (Wildman–Crippen MR) is 95.4 cm³/mol. The van der Waals surface area contributed by atoms with Gasteiger partial charge in [-0.25, -0.2) is 4.39 Å². The Bertz CT molecular complexity index is 882. The fourth-order valence-corrected chi connectivity index (χ4v) is 2.82. The van der Waals surface area contributed by atoms with Gasteiger partial charge in [0.1, 0.15) is 12.4 Å². The quantitative estimate of drug-likeness (QED) is 0.849. The van der Waals surface area contributed by atoms with Crippen molar-refractivity contribution >= 4 is 23.3 Å². The first-order chi connectivity index (χ1) is 12.5. The first kappa shape index (κ1) is 17.8. The molecule has 7 heteroatoms. The summed E-state index contributed by atoms with van der Waals surface area (Å²) < 4.78 is 19.3. The smallest absolute Gasteiger partial charge is 0.326 e. The molecule has 2 aromatic carbocycles. The average molecular weight is 355 g/mol. The van der Waals surface area contributed by atoms with Crippen molar-refractivity contribution in [2.75, 3.05) is 18.1 Å². The molecule has 0 saturated carbocycles. The number of rotatable bonds is 4. The molecule has 134 valence electrons. The molecule has 1 heterocycles. The van der Waals surface area contributed by atoms with Crippen LogP contribution in [-0.4, -0.2) is 36.9 Å². The zero-order valence-corrected chi connectivity index (χ0v) is 14.2. The number of hydrogen-bond donors (Lipinski definition) is 1. The maximum Gasteiger partial charge on any atom is 0.326 e. The minimum atomic E-state index is -1.26. The lowest BCUT2D eigenvalue weighted by Gasteiger charge is -2.23. The normalized spacial score (nSPS) is 16.6. The van der Waals surface area contributed by atoms with Gasteiger partial charge in [0.15, 0.2) is 6.17 Å². The fraction of sp³-hybridized carbons (Fsp3) is 0.211. The Labute approximate surface area is 150 Å². The number of carbonyl (C=O) groups is 2. The predicted octanol–water partition coefficient (Wildman–Crippen LogP) is 1.86. The number of ether oxygens (including phenoxy) is 1. The molecular weight excluding hydrogens is 337 g/mol. The van der Waals surface area contributed by atoms with Crippen molar-refractivity contribution in [2.45, 2.75) is 13.1 Å². The van der Waals surface area contributed by atoms with Gasteiger partial charge in [-0.3, -0.25) is 19.5 Å². The Morgan fingerprint density at radius 3 is 2.54 bits per heavy atom. The SMILES string of the molecule is CCOC(=O)CN1C(=O)[C@H](N)N=C(c2ccccc2F)c2ccccc21. The third-order valence-electron chi connectivity index (χ3n) is 3.96.